The van der Waals surface area contributed by atoms with Crippen LogP contribution in [0.3, 0.4) is 0 Å². The fourth-order valence-corrected chi connectivity index (χ4v) is 1.53. The molecule has 0 radical (unpaired) electrons. The molecule has 0 aromatic heterocycles. The maximum Gasteiger partial charge on any atom is 1.00 e. The van der Waals surface area contributed by atoms with Crippen molar-refractivity contribution in [1.82, 2.24) is 4.90 Å². The Morgan fingerprint density at radius 3 is 1.71 bits per heavy atom. The third kappa shape index (κ3) is 7.92. The van der Waals surface area contributed by atoms with Crippen molar-refractivity contribution in [2.75, 3.05) is 13.1 Å². The Kier molecular flexibility index (Phi) is 14.1. The van der Waals surface area contributed by atoms with Crippen LogP contribution >= 0.6 is 0 Å². The predicted molar refractivity (Wildman–Crippen MR) is 62.3 cm³/mol. The van der Waals surface area contributed by atoms with Gasteiger partial charge in [-0.3, -0.25) is 0 Å². The molecule has 0 N–H and O–H groups in total. The third-order valence-electron chi connectivity index (χ3n) is 2.81. The summed E-state index contributed by atoms with van der Waals surface area (Å²) in [5.41, 5.74) is 0. The molecule has 0 rings (SSSR count). The van der Waals surface area contributed by atoms with E-state index in [4.69, 9.17) is 0 Å². The van der Waals surface area contributed by atoms with Crippen LogP contribution in [0.15, 0.2) is 0 Å². The van der Waals surface area contributed by atoms with Crippen molar-refractivity contribution in [1.29, 1.82) is 0 Å². The first-order chi connectivity index (χ1) is 6.26. The van der Waals surface area contributed by atoms with Crippen LogP contribution in [-0.4, -0.2) is 24.0 Å². The number of unbranched alkanes of at least 4 members (excludes halogenated alkanes) is 2. The normalized spacial score (nSPS) is 12.6. The molecule has 0 saturated carbocycles. The zero-order valence-corrected chi connectivity index (χ0v) is 11.0. The topological polar surface area (TPSA) is 3.24 Å². The van der Waals surface area contributed by atoms with Gasteiger partial charge in [0.2, 0.25) is 0 Å². The van der Waals surface area contributed by atoms with Gasteiger partial charge in [0, 0.05) is 6.04 Å². The molecular formula is C12H28LiN. The molecule has 82 valence electrons. The Hall–Kier alpha value is 0.557. The van der Waals surface area contributed by atoms with Gasteiger partial charge in [-0.15, -0.1) is 0 Å². The second-order valence-electron chi connectivity index (χ2n) is 4.00. The molecule has 0 aromatic carbocycles. The molecule has 0 saturated heterocycles. The molecule has 1 atom stereocenters. The monoisotopic (exact) mass is 193 g/mol. The quantitative estimate of drug-likeness (QED) is 0.516. The molecule has 0 spiro atoms. The Morgan fingerprint density at radius 1 is 1.00 bits per heavy atom. The van der Waals surface area contributed by atoms with Crippen LogP contribution in [0.5, 0.6) is 0 Å². The predicted octanol–water partition coefficient (Wildman–Crippen LogP) is 0.804. The number of hydrogen-bond acceptors (Lipinski definition) is 1. The second-order valence-corrected chi connectivity index (χ2v) is 4.00. The summed E-state index contributed by atoms with van der Waals surface area (Å²) in [5, 5.41) is 0. The fraction of sp³-hybridized carbons (Fsp3) is 1.00. The van der Waals surface area contributed by atoms with Crippen LogP contribution in [0, 0.1) is 0 Å². The smallest absolute Gasteiger partial charge is 1.00 e. The Labute approximate surface area is 104 Å². The van der Waals surface area contributed by atoms with Gasteiger partial charge in [-0.1, -0.05) is 33.6 Å². The summed E-state index contributed by atoms with van der Waals surface area (Å²) < 4.78 is 0. The van der Waals surface area contributed by atoms with Gasteiger partial charge in [0.05, 0.1) is 0 Å². The van der Waals surface area contributed by atoms with Gasteiger partial charge in [0.1, 0.15) is 0 Å². The van der Waals surface area contributed by atoms with Crippen LogP contribution in [-0.2, 0) is 0 Å². The van der Waals surface area contributed by atoms with E-state index in [2.05, 4.69) is 32.6 Å². The molecule has 0 aliphatic carbocycles. The molecule has 0 heterocycles. The molecule has 0 bridgehead atoms. The SMILES string of the molecule is CCCCN(CCCC)C(C)CC.[H-].[Li+]. The van der Waals surface area contributed by atoms with Crippen molar-refractivity contribution in [3.8, 4) is 0 Å². The van der Waals surface area contributed by atoms with Gasteiger partial charge in [-0.2, -0.15) is 0 Å². The summed E-state index contributed by atoms with van der Waals surface area (Å²) in [6.45, 7) is 11.8. The molecule has 1 nitrogen and oxygen atoms in total. The minimum atomic E-state index is 0. The van der Waals surface area contributed by atoms with Crippen molar-refractivity contribution >= 4 is 0 Å². The average molecular weight is 193 g/mol. The standard InChI is InChI=1S/C12H27N.Li.H/c1-5-8-10-13(11-9-6-2)12(4)7-3;;/h12H,5-11H2,1-4H3;;/q;+1;-1. The van der Waals surface area contributed by atoms with E-state index in [1.165, 1.54) is 45.2 Å². The van der Waals surface area contributed by atoms with Gasteiger partial charge in [-0.25, -0.2) is 0 Å². The minimum absolute atomic E-state index is 0. The third-order valence-corrected chi connectivity index (χ3v) is 2.81. The first-order valence-corrected chi connectivity index (χ1v) is 6.00. The zero-order valence-electron chi connectivity index (χ0n) is 12.0. The van der Waals surface area contributed by atoms with Gasteiger partial charge in [0.25, 0.3) is 0 Å². The molecular weight excluding hydrogens is 165 g/mol. The van der Waals surface area contributed by atoms with E-state index in [0.717, 1.165) is 6.04 Å². The first kappa shape index (κ1) is 17.0. The van der Waals surface area contributed by atoms with E-state index in [0.29, 0.717) is 0 Å². The number of hydrogen-bond donors (Lipinski definition) is 0. The Bertz CT molecular complexity index is 104. The van der Waals surface area contributed by atoms with Gasteiger partial charge < -0.3 is 6.33 Å². The average Bonchev–Trinajstić information content (AvgIpc) is 2.17. The molecule has 0 fully saturated rings. The van der Waals surface area contributed by atoms with Crippen LogP contribution < -0.4 is 18.9 Å². The summed E-state index contributed by atoms with van der Waals surface area (Å²) in [5.74, 6) is 0. The molecule has 0 aliphatic rings. The molecule has 0 aromatic rings. The molecule has 0 aliphatic heterocycles. The molecule has 14 heavy (non-hydrogen) atoms. The second kappa shape index (κ2) is 11.6. The van der Waals surface area contributed by atoms with Crippen LogP contribution in [0.2, 0.25) is 0 Å². The van der Waals surface area contributed by atoms with E-state index in [9.17, 15) is 0 Å². The minimum Gasteiger partial charge on any atom is -1.00 e. The van der Waals surface area contributed by atoms with Crippen LogP contribution in [0.4, 0.5) is 0 Å². The summed E-state index contributed by atoms with van der Waals surface area (Å²) in [6.07, 6.45) is 6.63. The molecule has 1 unspecified atom stereocenters. The molecule has 0 amide bonds. The number of nitrogens with zero attached hydrogens (tertiary/aromatic N) is 1. The van der Waals surface area contributed by atoms with Crippen LogP contribution in [0.25, 0.3) is 0 Å². The van der Waals surface area contributed by atoms with Crippen LogP contribution in [0.1, 0.15) is 61.2 Å². The maximum atomic E-state index is 2.65. The van der Waals surface area contributed by atoms with Crippen molar-refractivity contribution in [2.45, 2.75) is 65.8 Å². The Morgan fingerprint density at radius 2 is 1.43 bits per heavy atom. The van der Waals surface area contributed by atoms with E-state index < -0.39 is 0 Å². The number of rotatable bonds is 8. The van der Waals surface area contributed by atoms with Gasteiger partial charge in [-0.05, 0) is 39.3 Å². The summed E-state index contributed by atoms with van der Waals surface area (Å²) in [6, 6.07) is 0.776. The van der Waals surface area contributed by atoms with E-state index in [1.54, 1.807) is 0 Å². The first-order valence-electron chi connectivity index (χ1n) is 6.00. The summed E-state index contributed by atoms with van der Waals surface area (Å²) in [4.78, 5) is 2.65. The van der Waals surface area contributed by atoms with Gasteiger partial charge in [0.15, 0.2) is 0 Å². The van der Waals surface area contributed by atoms with E-state index in [1.807, 2.05) is 0 Å². The summed E-state index contributed by atoms with van der Waals surface area (Å²) >= 11 is 0. The van der Waals surface area contributed by atoms with Crippen molar-refractivity contribution in [2.24, 2.45) is 0 Å². The largest absolute Gasteiger partial charge is 1.00 e. The van der Waals surface area contributed by atoms with Gasteiger partial charge >= 0.3 is 18.9 Å². The maximum absolute atomic E-state index is 2.65. The van der Waals surface area contributed by atoms with Crippen molar-refractivity contribution in [3.63, 3.8) is 0 Å². The fourth-order valence-electron chi connectivity index (χ4n) is 1.53. The van der Waals surface area contributed by atoms with Crippen molar-refractivity contribution in [3.05, 3.63) is 0 Å². The zero-order chi connectivity index (χ0) is 10.1. The Balaban J connectivity index is -0.000000720. The van der Waals surface area contributed by atoms with E-state index >= 15 is 0 Å². The molecule has 2 heteroatoms. The van der Waals surface area contributed by atoms with E-state index in [-0.39, 0.29) is 20.3 Å². The van der Waals surface area contributed by atoms with Crippen molar-refractivity contribution < 1.29 is 20.3 Å². The summed E-state index contributed by atoms with van der Waals surface area (Å²) in [7, 11) is 0.